The summed E-state index contributed by atoms with van der Waals surface area (Å²) in [7, 11) is 0. The van der Waals surface area contributed by atoms with Crippen LogP contribution in [0.25, 0.3) is 11.4 Å². The van der Waals surface area contributed by atoms with E-state index in [1.165, 1.54) is 4.52 Å². The van der Waals surface area contributed by atoms with Gasteiger partial charge in [-0.05, 0) is 30.5 Å². The minimum atomic E-state index is -4.67. The second-order valence-corrected chi connectivity index (χ2v) is 10.4. The number of nitrogens with zero attached hydrogens (tertiary/aromatic N) is 6. The van der Waals surface area contributed by atoms with Gasteiger partial charge in [0.25, 0.3) is 5.56 Å². The minimum absolute atomic E-state index is 0.0466. The zero-order valence-electron chi connectivity index (χ0n) is 21.5. The third-order valence-electron chi connectivity index (χ3n) is 7.44. The molecule has 0 spiro atoms. The molecule has 0 aliphatic carbocycles. The predicted molar refractivity (Wildman–Crippen MR) is 141 cm³/mol. The van der Waals surface area contributed by atoms with Crippen molar-refractivity contribution in [3.05, 3.63) is 50.9 Å². The Kier molecular flexibility index (Phi) is 6.79. The van der Waals surface area contributed by atoms with Crippen LogP contribution in [0.5, 0.6) is 0 Å². The van der Waals surface area contributed by atoms with Gasteiger partial charge >= 0.3 is 6.18 Å². The number of rotatable bonds is 4. The monoisotopic (exact) mass is 578 g/mol. The van der Waals surface area contributed by atoms with Crippen molar-refractivity contribution in [3.8, 4) is 0 Å². The second kappa shape index (κ2) is 10.2. The van der Waals surface area contributed by atoms with Gasteiger partial charge in [-0.25, -0.2) is 4.98 Å². The summed E-state index contributed by atoms with van der Waals surface area (Å²) in [5, 5.41) is 10.00. The summed E-state index contributed by atoms with van der Waals surface area (Å²) in [6.07, 6.45) is -1.87. The topological polar surface area (TPSA) is 119 Å². The summed E-state index contributed by atoms with van der Waals surface area (Å²) in [5.41, 5.74) is 0.488. The van der Waals surface area contributed by atoms with Gasteiger partial charge in [-0.2, -0.15) is 22.7 Å². The van der Waals surface area contributed by atoms with E-state index in [-0.39, 0.29) is 22.9 Å². The number of fused-ring (bicyclic) bond motifs is 3. The molecule has 1 fully saturated rings. The number of anilines is 2. The zero-order chi connectivity index (χ0) is 28.2. The van der Waals surface area contributed by atoms with Crippen molar-refractivity contribution in [2.75, 3.05) is 49.6 Å². The van der Waals surface area contributed by atoms with Gasteiger partial charge in [-0.15, -0.1) is 5.10 Å². The van der Waals surface area contributed by atoms with Crippen LogP contribution in [0.1, 0.15) is 48.9 Å². The van der Waals surface area contributed by atoms with Gasteiger partial charge in [0.1, 0.15) is 17.4 Å². The first-order chi connectivity index (χ1) is 19.1. The SMILES string of the molecule is CC1CC(C(=O)Nc2ccc(C(F)(F)F)nc2Cl)n2c1c(N1CCNCC1)c(=O)n1nc(C3=CCOCC3)nc21. The molecule has 3 aromatic rings. The van der Waals surface area contributed by atoms with E-state index in [1.807, 2.05) is 17.9 Å². The molecule has 3 aliphatic heterocycles. The number of aromatic nitrogens is 5. The number of nitrogens with one attached hydrogen (secondary N) is 2. The van der Waals surface area contributed by atoms with Gasteiger partial charge in [0.2, 0.25) is 11.7 Å². The lowest BCUT2D eigenvalue weighted by molar-refractivity contribution is -0.141. The molecule has 6 rings (SSSR count). The number of hydrogen-bond acceptors (Lipinski definition) is 8. The van der Waals surface area contributed by atoms with E-state index < -0.39 is 29.0 Å². The van der Waals surface area contributed by atoms with Crippen molar-refractivity contribution in [3.63, 3.8) is 0 Å². The molecule has 0 aromatic carbocycles. The van der Waals surface area contributed by atoms with Crippen molar-refractivity contribution in [2.24, 2.45) is 0 Å². The molecule has 1 saturated heterocycles. The number of ether oxygens (including phenoxy) is 1. The molecule has 15 heteroatoms. The van der Waals surface area contributed by atoms with Crippen LogP contribution < -0.4 is 21.1 Å². The van der Waals surface area contributed by atoms with E-state index in [9.17, 15) is 22.8 Å². The number of carbonyl (C=O) groups is 1. The number of pyridine rings is 1. The Morgan fingerprint density at radius 1 is 1.23 bits per heavy atom. The maximum Gasteiger partial charge on any atom is 0.433 e. The molecule has 6 heterocycles. The quantitative estimate of drug-likeness (QED) is 0.454. The van der Waals surface area contributed by atoms with Gasteiger partial charge < -0.3 is 20.3 Å². The molecule has 0 bridgehead atoms. The summed E-state index contributed by atoms with van der Waals surface area (Å²) in [6, 6.07) is 1.01. The van der Waals surface area contributed by atoms with Crippen LogP contribution in [0.2, 0.25) is 5.15 Å². The number of hydrogen-bond donors (Lipinski definition) is 2. The molecule has 11 nitrogen and oxygen atoms in total. The summed E-state index contributed by atoms with van der Waals surface area (Å²) < 4.78 is 47.5. The molecule has 1 amide bonds. The molecule has 40 heavy (non-hydrogen) atoms. The molecule has 2 unspecified atom stereocenters. The van der Waals surface area contributed by atoms with Crippen molar-refractivity contribution < 1.29 is 22.7 Å². The molecule has 2 N–H and O–H groups in total. The lowest BCUT2D eigenvalue weighted by Gasteiger charge is -2.31. The first-order valence-electron chi connectivity index (χ1n) is 13.0. The Morgan fingerprint density at radius 3 is 2.67 bits per heavy atom. The standard InChI is InChI=1S/C25H26ClF3N8O3/c1-13-12-16(22(38)31-15-2-3-17(25(27,28)29)32-20(15)26)36-18(13)19(35-8-6-30-7-9-35)23(39)37-24(36)33-21(34-37)14-4-10-40-11-5-14/h2-4,13,16,30H,5-12H2,1H3,(H,31,38). The van der Waals surface area contributed by atoms with Gasteiger partial charge in [-0.1, -0.05) is 24.6 Å². The van der Waals surface area contributed by atoms with E-state index in [2.05, 4.69) is 20.7 Å². The highest BCUT2D eigenvalue weighted by Gasteiger charge is 2.40. The van der Waals surface area contributed by atoms with E-state index in [0.29, 0.717) is 69.4 Å². The van der Waals surface area contributed by atoms with Crippen molar-refractivity contribution in [2.45, 2.75) is 37.9 Å². The lowest BCUT2D eigenvalue weighted by Crippen LogP contribution is -2.46. The minimum Gasteiger partial charge on any atom is -0.377 e. The van der Waals surface area contributed by atoms with Crippen LogP contribution >= 0.6 is 11.6 Å². The average Bonchev–Trinajstić information content (AvgIpc) is 3.53. The van der Waals surface area contributed by atoms with Crippen LogP contribution in [-0.2, 0) is 15.7 Å². The summed E-state index contributed by atoms with van der Waals surface area (Å²) >= 11 is 6.02. The Bertz CT molecular complexity index is 1580. The van der Waals surface area contributed by atoms with Gasteiger partial charge in [0.05, 0.1) is 24.6 Å². The van der Waals surface area contributed by atoms with E-state index in [1.54, 1.807) is 4.57 Å². The maximum absolute atomic E-state index is 13.9. The number of amides is 1. The number of piperazine rings is 1. The largest absolute Gasteiger partial charge is 0.433 e. The van der Waals surface area contributed by atoms with E-state index in [0.717, 1.165) is 17.7 Å². The predicted octanol–water partition coefficient (Wildman–Crippen LogP) is 2.86. The molecular formula is C25H26ClF3N8O3. The fourth-order valence-corrected chi connectivity index (χ4v) is 5.74. The summed E-state index contributed by atoms with van der Waals surface area (Å²) in [6.45, 7) is 5.46. The van der Waals surface area contributed by atoms with Crippen molar-refractivity contribution in [1.29, 1.82) is 0 Å². The molecule has 0 saturated carbocycles. The third kappa shape index (κ3) is 4.63. The Labute approximate surface area is 231 Å². The van der Waals surface area contributed by atoms with Crippen molar-refractivity contribution in [1.82, 2.24) is 29.5 Å². The maximum atomic E-state index is 13.9. The molecule has 212 valence electrons. The highest BCUT2D eigenvalue weighted by molar-refractivity contribution is 6.32. The lowest BCUT2D eigenvalue weighted by atomic mass is 10.0. The summed E-state index contributed by atoms with van der Waals surface area (Å²) in [5.74, 6) is -0.0913. The van der Waals surface area contributed by atoms with E-state index >= 15 is 0 Å². The van der Waals surface area contributed by atoms with Crippen molar-refractivity contribution >= 4 is 40.2 Å². The molecule has 2 atom stereocenters. The smallest absolute Gasteiger partial charge is 0.377 e. The van der Waals surface area contributed by atoms with Gasteiger partial charge in [0, 0.05) is 32.1 Å². The molecular weight excluding hydrogens is 553 g/mol. The van der Waals surface area contributed by atoms with Gasteiger partial charge in [0.15, 0.2) is 11.0 Å². The van der Waals surface area contributed by atoms with Crippen LogP contribution in [0.15, 0.2) is 23.0 Å². The fourth-order valence-electron chi connectivity index (χ4n) is 5.54. The van der Waals surface area contributed by atoms with Gasteiger partial charge in [-0.3, -0.25) is 14.2 Å². The first-order valence-corrected chi connectivity index (χ1v) is 13.3. The number of carbonyl (C=O) groups excluding carboxylic acids is 1. The van der Waals surface area contributed by atoms with Crippen LogP contribution in [0.3, 0.4) is 0 Å². The molecule has 3 aromatic heterocycles. The molecule has 3 aliphatic rings. The normalized spacial score (nSPS) is 21.4. The zero-order valence-corrected chi connectivity index (χ0v) is 22.2. The Hall–Kier alpha value is -3.49. The second-order valence-electron chi connectivity index (χ2n) is 10.0. The third-order valence-corrected chi connectivity index (χ3v) is 7.73. The number of alkyl halides is 3. The Morgan fingerprint density at radius 2 is 2.00 bits per heavy atom. The number of halogens is 4. The Balaban J connectivity index is 1.46. The highest BCUT2D eigenvalue weighted by Crippen LogP contribution is 2.42. The van der Waals surface area contributed by atoms with Crippen LogP contribution in [0, 0.1) is 0 Å². The summed E-state index contributed by atoms with van der Waals surface area (Å²) in [4.78, 5) is 37.6. The van der Waals surface area contributed by atoms with Crippen LogP contribution in [0.4, 0.5) is 24.5 Å². The highest BCUT2D eigenvalue weighted by atomic mass is 35.5. The fraction of sp³-hybridized carbons (Fsp3) is 0.480. The molecule has 0 radical (unpaired) electrons. The first kappa shape index (κ1) is 26.7. The average molecular weight is 579 g/mol. The van der Waals surface area contributed by atoms with E-state index in [4.69, 9.17) is 21.3 Å². The van der Waals surface area contributed by atoms with Crippen LogP contribution in [-0.4, -0.2) is 69.4 Å².